The smallest absolute Gasteiger partial charge is 0.187 e. The van der Waals surface area contributed by atoms with Crippen LogP contribution in [-0.4, -0.2) is 30.3 Å². The third-order valence-corrected chi connectivity index (χ3v) is 5.10. The highest BCUT2D eigenvalue weighted by molar-refractivity contribution is 7.22. The molecule has 0 N–H and O–H groups in total. The average molecular weight is 321 g/mol. The summed E-state index contributed by atoms with van der Waals surface area (Å²) in [5, 5.41) is 1.19. The fraction of sp³-hybridized carbons (Fsp3) is 0.611. The Kier molecular flexibility index (Phi) is 6.21. The zero-order valence-electron chi connectivity index (χ0n) is 14.4. The van der Waals surface area contributed by atoms with E-state index in [1.54, 1.807) is 0 Å². The van der Waals surface area contributed by atoms with E-state index in [1.807, 2.05) is 39.0 Å². The molecule has 2 fully saturated rings. The number of ether oxygens (including phenoxy) is 1. The standard InChI is InChI=1S/C14H16N2OS.2C2H6/c1-9-3-2-4-12-13(9)15-14(18-12)16-10-5-6-11(16)8-17-7-10;2*1-2/h2-4,10-11H,5-8H2,1H3;2*1-2H3. The number of aromatic nitrogens is 1. The molecule has 2 unspecified atom stereocenters. The molecule has 2 aromatic rings. The van der Waals surface area contributed by atoms with Gasteiger partial charge in [-0.2, -0.15) is 0 Å². The Bertz CT molecular complexity index is 580. The summed E-state index contributed by atoms with van der Waals surface area (Å²) in [5.41, 5.74) is 2.44. The van der Waals surface area contributed by atoms with Gasteiger partial charge in [-0.1, -0.05) is 51.2 Å². The number of fused-ring (bicyclic) bond motifs is 3. The van der Waals surface area contributed by atoms with Gasteiger partial charge < -0.3 is 9.64 Å². The van der Waals surface area contributed by atoms with E-state index in [0.29, 0.717) is 12.1 Å². The number of anilines is 1. The van der Waals surface area contributed by atoms with Gasteiger partial charge in [0.1, 0.15) is 0 Å². The van der Waals surface area contributed by atoms with Crippen molar-refractivity contribution < 1.29 is 4.74 Å². The van der Waals surface area contributed by atoms with E-state index in [2.05, 4.69) is 30.0 Å². The molecule has 4 heteroatoms. The fourth-order valence-electron chi connectivity index (χ4n) is 3.13. The molecule has 22 heavy (non-hydrogen) atoms. The Balaban J connectivity index is 0.000000410. The van der Waals surface area contributed by atoms with Crippen LogP contribution >= 0.6 is 11.3 Å². The maximum atomic E-state index is 5.64. The van der Waals surface area contributed by atoms with Crippen LogP contribution in [0.5, 0.6) is 0 Å². The SMILES string of the molecule is CC.CC.Cc1cccc2sc(N3C4CCC3COC4)nc12. The van der Waals surface area contributed by atoms with Gasteiger partial charge in [0, 0.05) is 0 Å². The lowest BCUT2D eigenvalue weighted by Crippen LogP contribution is -2.45. The third kappa shape index (κ3) is 3.13. The van der Waals surface area contributed by atoms with Gasteiger partial charge in [0.2, 0.25) is 0 Å². The summed E-state index contributed by atoms with van der Waals surface area (Å²) in [6, 6.07) is 7.52. The summed E-state index contributed by atoms with van der Waals surface area (Å²) in [6.07, 6.45) is 2.50. The zero-order chi connectivity index (χ0) is 16.1. The van der Waals surface area contributed by atoms with E-state index in [9.17, 15) is 0 Å². The van der Waals surface area contributed by atoms with Gasteiger partial charge in [0.15, 0.2) is 5.13 Å². The highest BCUT2D eigenvalue weighted by Crippen LogP contribution is 2.38. The van der Waals surface area contributed by atoms with Crippen molar-refractivity contribution in [1.82, 2.24) is 4.98 Å². The van der Waals surface area contributed by atoms with Crippen LogP contribution in [0.2, 0.25) is 0 Å². The number of hydrogen-bond acceptors (Lipinski definition) is 4. The van der Waals surface area contributed by atoms with Gasteiger partial charge in [-0.05, 0) is 31.4 Å². The number of morpholine rings is 1. The van der Waals surface area contributed by atoms with Crippen molar-refractivity contribution in [3.63, 3.8) is 0 Å². The maximum absolute atomic E-state index is 5.64. The molecule has 1 aromatic heterocycles. The molecule has 122 valence electrons. The van der Waals surface area contributed by atoms with Crippen molar-refractivity contribution in [1.29, 1.82) is 0 Å². The highest BCUT2D eigenvalue weighted by Gasteiger charge is 2.38. The van der Waals surface area contributed by atoms with Gasteiger partial charge in [-0.15, -0.1) is 0 Å². The lowest BCUT2D eigenvalue weighted by atomic mass is 10.2. The first-order valence-electron chi connectivity index (χ1n) is 8.55. The van der Waals surface area contributed by atoms with Crippen molar-refractivity contribution in [2.24, 2.45) is 0 Å². The molecule has 0 aliphatic carbocycles. The number of aryl methyl sites for hydroxylation is 1. The molecule has 2 aliphatic rings. The number of para-hydroxylation sites is 1. The van der Waals surface area contributed by atoms with E-state index in [-0.39, 0.29) is 0 Å². The number of hydrogen-bond donors (Lipinski definition) is 0. The van der Waals surface area contributed by atoms with Crippen molar-refractivity contribution in [2.75, 3.05) is 18.1 Å². The van der Waals surface area contributed by atoms with Gasteiger partial charge >= 0.3 is 0 Å². The molecule has 1 aromatic carbocycles. The summed E-state index contributed by atoms with van der Waals surface area (Å²) in [6.45, 7) is 11.9. The lowest BCUT2D eigenvalue weighted by molar-refractivity contribution is 0.0906. The number of benzene rings is 1. The van der Waals surface area contributed by atoms with Crippen LogP contribution in [0.1, 0.15) is 46.1 Å². The summed E-state index contributed by atoms with van der Waals surface area (Å²) < 4.78 is 6.94. The van der Waals surface area contributed by atoms with E-state index in [4.69, 9.17) is 9.72 Å². The summed E-state index contributed by atoms with van der Waals surface area (Å²) in [4.78, 5) is 7.37. The second-order valence-electron chi connectivity index (χ2n) is 5.25. The molecule has 0 radical (unpaired) electrons. The monoisotopic (exact) mass is 320 g/mol. The largest absolute Gasteiger partial charge is 0.377 e. The molecule has 3 heterocycles. The first-order valence-corrected chi connectivity index (χ1v) is 9.37. The molecule has 0 spiro atoms. The van der Waals surface area contributed by atoms with Gasteiger partial charge in [0.05, 0.1) is 35.5 Å². The second kappa shape index (κ2) is 7.93. The minimum atomic E-state index is 0.546. The molecule has 0 amide bonds. The van der Waals surface area contributed by atoms with E-state index in [1.165, 1.54) is 33.8 Å². The van der Waals surface area contributed by atoms with Crippen LogP contribution in [0.15, 0.2) is 18.2 Å². The minimum absolute atomic E-state index is 0.546. The second-order valence-corrected chi connectivity index (χ2v) is 6.26. The van der Waals surface area contributed by atoms with Crippen molar-refractivity contribution in [3.8, 4) is 0 Å². The lowest BCUT2D eigenvalue weighted by Gasteiger charge is -2.34. The summed E-state index contributed by atoms with van der Waals surface area (Å²) >= 11 is 1.82. The first-order chi connectivity index (χ1) is 10.8. The molecule has 2 aliphatic heterocycles. The Morgan fingerprint density at radius 1 is 1.09 bits per heavy atom. The normalized spacial score (nSPS) is 22.7. The molecule has 2 bridgehead atoms. The molecule has 2 atom stereocenters. The van der Waals surface area contributed by atoms with Crippen molar-refractivity contribution in [2.45, 2.75) is 59.5 Å². The van der Waals surface area contributed by atoms with Crippen LogP contribution in [0.25, 0.3) is 10.2 Å². The average Bonchev–Trinajstić information content (AvgIpc) is 3.10. The van der Waals surface area contributed by atoms with Gasteiger partial charge in [-0.3, -0.25) is 0 Å². The van der Waals surface area contributed by atoms with E-state index in [0.717, 1.165) is 13.2 Å². The molecular formula is C18H28N2OS. The predicted molar refractivity (Wildman–Crippen MR) is 97.2 cm³/mol. The first kappa shape index (κ1) is 17.2. The van der Waals surface area contributed by atoms with Crippen LogP contribution in [-0.2, 0) is 4.74 Å². The van der Waals surface area contributed by atoms with Crippen molar-refractivity contribution >= 4 is 26.7 Å². The van der Waals surface area contributed by atoms with E-state index >= 15 is 0 Å². The van der Waals surface area contributed by atoms with Crippen LogP contribution in [0.3, 0.4) is 0 Å². The van der Waals surface area contributed by atoms with Crippen LogP contribution < -0.4 is 4.90 Å². The van der Waals surface area contributed by atoms with Crippen molar-refractivity contribution in [3.05, 3.63) is 23.8 Å². The Hall–Kier alpha value is -1.13. The molecule has 4 rings (SSSR count). The summed E-state index contributed by atoms with van der Waals surface area (Å²) in [7, 11) is 0. The van der Waals surface area contributed by atoms with Gasteiger partial charge in [0.25, 0.3) is 0 Å². The Morgan fingerprint density at radius 3 is 2.32 bits per heavy atom. The Labute approximate surface area is 138 Å². The molecular weight excluding hydrogens is 292 g/mol. The number of thiazole rings is 1. The molecule has 2 saturated heterocycles. The van der Waals surface area contributed by atoms with E-state index < -0.39 is 0 Å². The van der Waals surface area contributed by atoms with Crippen LogP contribution in [0.4, 0.5) is 5.13 Å². The van der Waals surface area contributed by atoms with Gasteiger partial charge in [-0.25, -0.2) is 4.98 Å². The Morgan fingerprint density at radius 2 is 1.73 bits per heavy atom. The number of rotatable bonds is 1. The summed E-state index contributed by atoms with van der Waals surface area (Å²) in [5.74, 6) is 0. The minimum Gasteiger partial charge on any atom is -0.377 e. The number of nitrogens with zero attached hydrogens (tertiary/aromatic N) is 2. The van der Waals surface area contributed by atoms with Crippen LogP contribution in [0, 0.1) is 6.92 Å². The zero-order valence-corrected chi connectivity index (χ0v) is 15.2. The third-order valence-electron chi connectivity index (χ3n) is 4.07. The quantitative estimate of drug-likeness (QED) is 0.737. The molecule has 0 saturated carbocycles. The molecule has 3 nitrogen and oxygen atoms in total. The fourth-order valence-corrected chi connectivity index (χ4v) is 4.31. The highest BCUT2D eigenvalue weighted by atomic mass is 32.1. The topological polar surface area (TPSA) is 25.4 Å². The predicted octanol–water partition coefficient (Wildman–Crippen LogP) is 5.02. The maximum Gasteiger partial charge on any atom is 0.187 e.